The predicted octanol–water partition coefficient (Wildman–Crippen LogP) is 2.14. The molecule has 0 fully saturated rings. The van der Waals surface area contributed by atoms with Gasteiger partial charge in [-0.2, -0.15) is 12.6 Å². The second kappa shape index (κ2) is 5.81. The molecule has 0 saturated carbocycles. The van der Waals surface area contributed by atoms with E-state index in [4.69, 9.17) is 0 Å². The normalized spacial score (nSPS) is 10.1. The molecule has 1 aromatic carbocycles. The van der Waals surface area contributed by atoms with Gasteiger partial charge in [0.15, 0.2) is 0 Å². The average Bonchev–Trinajstić information content (AvgIpc) is 2.29. The molecule has 82 valence electrons. The van der Waals surface area contributed by atoms with Gasteiger partial charge in [-0.25, -0.2) is 0 Å². The summed E-state index contributed by atoms with van der Waals surface area (Å²) in [7, 11) is 1.80. The number of benzene rings is 1. The fourth-order valence-corrected chi connectivity index (χ4v) is 1.60. The topological polar surface area (TPSA) is 20.3 Å². The first-order chi connectivity index (χ1) is 7.17. The number of rotatable bonds is 4. The SMILES string of the molecule is CCc1ccc(CN(C)C(=O)CS)cc1. The first kappa shape index (κ1) is 12.1. The van der Waals surface area contributed by atoms with Gasteiger partial charge in [-0.05, 0) is 17.5 Å². The maximum Gasteiger partial charge on any atom is 0.232 e. The lowest BCUT2D eigenvalue weighted by Crippen LogP contribution is -2.27. The number of carbonyl (C=O) groups excluding carboxylic acids is 1. The number of thiol groups is 1. The Labute approximate surface area is 96.7 Å². The van der Waals surface area contributed by atoms with E-state index in [-0.39, 0.29) is 11.7 Å². The zero-order valence-electron chi connectivity index (χ0n) is 9.23. The molecule has 0 aliphatic heterocycles. The molecule has 0 aliphatic carbocycles. The number of aryl methyl sites for hydroxylation is 1. The molecule has 1 amide bonds. The van der Waals surface area contributed by atoms with Crippen LogP contribution >= 0.6 is 12.6 Å². The summed E-state index contributed by atoms with van der Waals surface area (Å²) in [6.45, 7) is 2.79. The minimum atomic E-state index is 0.0536. The van der Waals surface area contributed by atoms with Crippen molar-refractivity contribution in [1.29, 1.82) is 0 Å². The van der Waals surface area contributed by atoms with E-state index in [0.29, 0.717) is 6.54 Å². The second-order valence-electron chi connectivity index (χ2n) is 3.58. The first-order valence-electron chi connectivity index (χ1n) is 5.10. The number of amides is 1. The molecule has 1 aromatic rings. The second-order valence-corrected chi connectivity index (χ2v) is 3.89. The van der Waals surface area contributed by atoms with Crippen LogP contribution in [0.3, 0.4) is 0 Å². The lowest BCUT2D eigenvalue weighted by molar-refractivity contribution is -0.127. The summed E-state index contributed by atoms with van der Waals surface area (Å²) in [5.74, 6) is 0.321. The van der Waals surface area contributed by atoms with Crippen LogP contribution in [0.5, 0.6) is 0 Å². The maximum absolute atomic E-state index is 11.3. The van der Waals surface area contributed by atoms with Crippen molar-refractivity contribution in [3.05, 3.63) is 35.4 Å². The van der Waals surface area contributed by atoms with Gasteiger partial charge in [0.05, 0.1) is 5.75 Å². The molecule has 0 atom stereocenters. The van der Waals surface area contributed by atoms with E-state index >= 15 is 0 Å². The van der Waals surface area contributed by atoms with Crippen LogP contribution in [0.4, 0.5) is 0 Å². The first-order valence-corrected chi connectivity index (χ1v) is 5.73. The number of carbonyl (C=O) groups is 1. The van der Waals surface area contributed by atoms with Gasteiger partial charge in [-0.1, -0.05) is 31.2 Å². The van der Waals surface area contributed by atoms with Gasteiger partial charge in [0, 0.05) is 13.6 Å². The van der Waals surface area contributed by atoms with Crippen molar-refractivity contribution in [3.63, 3.8) is 0 Å². The van der Waals surface area contributed by atoms with Gasteiger partial charge in [0.25, 0.3) is 0 Å². The molecule has 1 rings (SSSR count). The van der Waals surface area contributed by atoms with Crippen molar-refractivity contribution in [3.8, 4) is 0 Å². The van der Waals surface area contributed by atoms with Crippen LogP contribution in [0.25, 0.3) is 0 Å². The third-order valence-electron chi connectivity index (χ3n) is 2.41. The molecule has 0 saturated heterocycles. The molecule has 0 radical (unpaired) electrons. The molecular weight excluding hydrogens is 206 g/mol. The van der Waals surface area contributed by atoms with Gasteiger partial charge in [0.1, 0.15) is 0 Å². The molecule has 0 aromatic heterocycles. The highest BCUT2D eigenvalue weighted by Gasteiger charge is 2.06. The Bertz CT molecular complexity index is 321. The van der Waals surface area contributed by atoms with E-state index in [1.54, 1.807) is 11.9 Å². The van der Waals surface area contributed by atoms with Crippen molar-refractivity contribution in [1.82, 2.24) is 4.90 Å². The van der Waals surface area contributed by atoms with Crippen LogP contribution in [0.2, 0.25) is 0 Å². The molecule has 0 unspecified atom stereocenters. The fourth-order valence-electron chi connectivity index (χ4n) is 1.36. The Kier molecular flexibility index (Phi) is 4.69. The average molecular weight is 223 g/mol. The van der Waals surface area contributed by atoms with E-state index in [1.807, 2.05) is 0 Å². The minimum absolute atomic E-state index is 0.0536. The van der Waals surface area contributed by atoms with Crippen molar-refractivity contribution in [2.45, 2.75) is 19.9 Å². The zero-order chi connectivity index (χ0) is 11.3. The smallest absolute Gasteiger partial charge is 0.232 e. The quantitative estimate of drug-likeness (QED) is 0.775. The zero-order valence-corrected chi connectivity index (χ0v) is 10.1. The lowest BCUT2D eigenvalue weighted by Gasteiger charge is -2.16. The standard InChI is InChI=1S/C12H17NOS/c1-3-10-4-6-11(7-5-10)8-13(2)12(14)9-15/h4-7,15H,3,8-9H2,1-2H3. The monoisotopic (exact) mass is 223 g/mol. The summed E-state index contributed by atoms with van der Waals surface area (Å²) in [5, 5.41) is 0. The van der Waals surface area contributed by atoms with Crippen molar-refractivity contribution < 1.29 is 4.79 Å². The van der Waals surface area contributed by atoms with Crippen LogP contribution < -0.4 is 0 Å². The third-order valence-corrected chi connectivity index (χ3v) is 2.68. The highest BCUT2D eigenvalue weighted by atomic mass is 32.1. The van der Waals surface area contributed by atoms with E-state index in [2.05, 4.69) is 43.8 Å². The fraction of sp³-hybridized carbons (Fsp3) is 0.417. The third kappa shape index (κ3) is 3.59. The Morgan fingerprint density at radius 1 is 1.27 bits per heavy atom. The molecule has 0 bridgehead atoms. The van der Waals surface area contributed by atoms with Crippen LogP contribution in [0, 0.1) is 0 Å². The van der Waals surface area contributed by atoms with Gasteiger partial charge >= 0.3 is 0 Å². The summed E-state index contributed by atoms with van der Waals surface area (Å²) < 4.78 is 0. The molecule has 0 aliphatic rings. The number of nitrogens with zero attached hydrogens (tertiary/aromatic N) is 1. The van der Waals surface area contributed by atoms with Crippen molar-refractivity contribution >= 4 is 18.5 Å². The minimum Gasteiger partial charge on any atom is -0.341 e. The van der Waals surface area contributed by atoms with Crippen LogP contribution in [0.1, 0.15) is 18.1 Å². The summed E-state index contributed by atoms with van der Waals surface area (Å²) in [5.41, 5.74) is 2.48. The highest BCUT2D eigenvalue weighted by Crippen LogP contribution is 2.07. The Balaban J connectivity index is 2.60. The molecule has 0 heterocycles. The van der Waals surface area contributed by atoms with Gasteiger partial charge < -0.3 is 4.90 Å². The lowest BCUT2D eigenvalue weighted by atomic mass is 10.1. The van der Waals surface area contributed by atoms with E-state index < -0.39 is 0 Å². The number of hydrogen-bond acceptors (Lipinski definition) is 2. The molecule has 0 N–H and O–H groups in total. The summed E-state index contributed by atoms with van der Waals surface area (Å²) in [4.78, 5) is 13.0. The Morgan fingerprint density at radius 3 is 2.27 bits per heavy atom. The molecule has 0 spiro atoms. The van der Waals surface area contributed by atoms with E-state index in [1.165, 1.54) is 5.56 Å². The van der Waals surface area contributed by atoms with Crippen LogP contribution in [-0.4, -0.2) is 23.6 Å². The Hall–Kier alpha value is -0.960. The predicted molar refractivity (Wildman–Crippen MR) is 66.1 cm³/mol. The van der Waals surface area contributed by atoms with Crippen molar-refractivity contribution in [2.24, 2.45) is 0 Å². The maximum atomic E-state index is 11.3. The summed E-state index contributed by atoms with van der Waals surface area (Å²) in [6.07, 6.45) is 1.05. The molecule has 2 nitrogen and oxygen atoms in total. The molecule has 3 heteroatoms. The molecular formula is C12H17NOS. The molecule has 15 heavy (non-hydrogen) atoms. The summed E-state index contributed by atoms with van der Waals surface area (Å²) >= 11 is 3.96. The highest BCUT2D eigenvalue weighted by molar-refractivity contribution is 7.81. The largest absolute Gasteiger partial charge is 0.341 e. The number of hydrogen-bond donors (Lipinski definition) is 1. The summed E-state index contributed by atoms with van der Waals surface area (Å²) in [6, 6.07) is 8.35. The van der Waals surface area contributed by atoms with Gasteiger partial charge in [-0.3, -0.25) is 4.79 Å². The van der Waals surface area contributed by atoms with E-state index in [0.717, 1.165) is 12.0 Å². The van der Waals surface area contributed by atoms with Gasteiger partial charge in [0.2, 0.25) is 5.91 Å². The van der Waals surface area contributed by atoms with Gasteiger partial charge in [-0.15, -0.1) is 0 Å². The van der Waals surface area contributed by atoms with Crippen LogP contribution in [0.15, 0.2) is 24.3 Å². The van der Waals surface area contributed by atoms with E-state index in [9.17, 15) is 4.79 Å². The van der Waals surface area contributed by atoms with Crippen molar-refractivity contribution in [2.75, 3.05) is 12.8 Å². The van der Waals surface area contributed by atoms with Crippen LogP contribution in [-0.2, 0) is 17.8 Å². The Morgan fingerprint density at radius 2 is 1.80 bits per heavy atom.